The quantitative estimate of drug-likeness (QED) is 0.858. The fraction of sp³-hybridized carbons (Fsp3) is 0.500. The highest BCUT2D eigenvalue weighted by Gasteiger charge is 2.10. The standard InChI is InChI=1S/C12H19ClN2/c1-8(2)15(4)12-6-5-10(9(3)14)7-11(12)13/h5-9H,14H2,1-4H3/t9-/m1/s1. The molecule has 0 aliphatic heterocycles. The first kappa shape index (κ1) is 12.3. The molecule has 3 heteroatoms. The average molecular weight is 227 g/mol. The first-order valence-corrected chi connectivity index (χ1v) is 5.59. The predicted octanol–water partition coefficient (Wildman–Crippen LogP) is 3.20. The molecule has 0 heterocycles. The molecule has 1 aromatic rings. The maximum absolute atomic E-state index is 6.22. The smallest absolute Gasteiger partial charge is 0.0642 e. The molecule has 15 heavy (non-hydrogen) atoms. The van der Waals surface area contributed by atoms with Crippen LogP contribution in [0.1, 0.15) is 32.4 Å². The normalized spacial score (nSPS) is 13.0. The number of hydrogen-bond acceptors (Lipinski definition) is 2. The largest absolute Gasteiger partial charge is 0.371 e. The summed E-state index contributed by atoms with van der Waals surface area (Å²) in [7, 11) is 2.04. The fourth-order valence-electron chi connectivity index (χ4n) is 1.37. The molecule has 1 rings (SSSR count). The van der Waals surface area contributed by atoms with Gasteiger partial charge in [0.2, 0.25) is 0 Å². The van der Waals surface area contributed by atoms with Crippen LogP contribution in [0, 0.1) is 0 Å². The van der Waals surface area contributed by atoms with E-state index in [0.29, 0.717) is 6.04 Å². The van der Waals surface area contributed by atoms with Crippen molar-refractivity contribution in [3.8, 4) is 0 Å². The summed E-state index contributed by atoms with van der Waals surface area (Å²) in [5.74, 6) is 0. The van der Waals surface area contributed by atoms with Gasteiger partial charge in [0.15, 0.2) is 0 Å². The summed E-state index contributed by atoms with van der Waals surface area (Å²) in [4.78, 5) is 2.15. The van der Waals surface area contributed by atoms with Crippen LogP contribution in [0.5, 0.6) is 0 Å². The Morgan fingerprint density at radius 3 is 2.27 bits per heavy atom. The van der Waals surface area contributed by atoms with Crippen molar-refractivity contribution < 1.29 is 0 Å². The van der Waals surface area contributed by atoms with Crippen LogP contribution in [0.4, 0.5) is 5.69 Å². The van der Waals surface area contributed by atoms with Crippen molar-refractivity contribution >= 4 is 17.3 Å². The van der Waals surface area contributed by atoms with Crippen LogP contribution in [0.2, 0.25) is 5.02 Å². The molecule has 2 N–H and O–H groups in total. The second-order valence-corrected chi connectivity index (χ2v) is 4.61. The Labute approximate surface area is 97.0 Å². The van der Waals surface area contributed by atoms with E-state index in [-0.39, 0.29) is 6.04 Å². The molecule has 0 aliphatic carbocycles. The van der Waals surface area contributed by atoms with Crippen molar-refractivity contribution in [1.29, 1.82) is 0 Å². The van der Waals surface area contributed by atoms with E-state index in [2.05, 4.69) is 18.7 Å². The molecular formula is C12H19ClN2. The lowest BCUT2D eigenvalue weighted by Crippen LogP contribution is -2.25. The van der Waals surface area contributed by atoms with Crippen LogP contribution in [-0.4, -0.2) is 13.1 Å². The van der Waals surface area contributed by atoms with Crippen molar-refractivity contribution in [2.75, 3.05) is 11.9 Å². The van der Waals surface area contributed by atoms with Crippen molar-refractivity contribution in [1.82, 2.24) is 0 Å². The SMILES string of the molecule is CC(C)N(C)c1ccc([C@@H](C)N)cc1Cl. The van der Waals surface area contributed by atoms with Crippen molar-refractivity contribution in [3.63, 3.8) is 0 Å². The number of benzene rings is 1. The van der Waals surface area contributed by atoms with Gasteiger partial charge < -0.3 is 10.6 Å². The molecule has 2 nitrogen and oxygen atoms in total. The molecule has 0 aromatic heterocycles. The molecule has 1 aromatic carbocycles. The Morgan fingerprint density at radius 2 is 1.87 bits per heavy atom. The molecule has 1 atom stereocenters. The lowest BCUT2D eigenvalue weighted by molar-refractivity contribution is 0.753. The van der Waals surface area contributed by atoms with E-state index in [4.69, 9.17) is 17.3 Å². The van der Waals surface area contributed by atoms with Crippen molar-refractivity contribution in [2.24, 2.45) is 5.73 Å². The number of nitrogens with two attached hydrogens (primary N) is 1. The molecule has 84 valence electrons. The number of anilines is 1. The number of halogens is 1. The number of rotatable bonds is 3. The van der Waals surface area contributed by atoms with E-state index in [9.17, 15) is 0 Å². The number of hydrogen-bond donors (Lipinski definition) is 1. The highest BCUT2D eigenvalue weighted by atomic mass is 35.5. The molecule has 0 spiro atoms. The van der Waals surface area contributed by atoms with Crippen LogP contribution in [0.15, 0.2) is 18.2 Å². The number of nitrogens with zero attached hydrogens (tertiary/aromatic N) is 1. The van der Waals surface area contributed by atoms with Gasteiger partial charge in [-0.05, 0) is 38.5 Å². The molecule has 0 fully saturated rings. The summed E-state index contributed by atoms with van der Waals surface area (Å²) < 4.78 is 0. The summed E-state index contributed by atoms with van der Waals surface area (Å²) in [6, 6.07) is 6.47. The minimum Gasteiger partial charge on any atom is -0.371 e. The molecule has 0 amide bonds. The second kappa shape index (κ2) is 4.86. The summed E-state index contributed by atoms with van der Waals surface area (Å²) in [5.41, 5.74) is 7.92. The highest BCUT2D eigenvalue weighted by Crippen LogP contribution is 2.28. The van der Waals surface area contributed by atoms with E-state index in [1.54, 1.807) is 0 Å². The fourth-order valence-corrected chi connectivity index (χ4v) is 1.69. The zero-order valence-electron chi connectivity index (χ0n) is 9.79. The van der Waals surface area contributed by atoms with Gasteiger partial charge in [-0.25, -0.2) is 0 Å². The lowest BCUT2D eigenvalue weighted by atomic mass is 10.1. The Kier molecular flexibility index (Phi) is 4.00. The summed E-state index contributed by atoms with van der Waals surface area (Å²) >= 11 is 6.22. The first-order chi connectivity index (χ1) is 6.93. The third kappa shape index (κ3) is 2.86. The minimum atomic E-state index is 0.0286. The average Bonchev–Trinajstić information content (AvgIpc) is 2.16. The van der Waals surface area contributed by atoms with Gasteiger partial charge in [0, 0.05) is 19.1 Å². The van der Waals surface area contributed by atoms with Crippen LogP contribution in [0.3, 0.4) is 0 Å². The molecule has 0 saturated heterocycles. The van der Waals surface area contributed by atoms with Gasteiger partial charge in [-0.3, -0.25) is 0 Å². The van der Waals surface area contributed by atoms with Crippen LogP contribution in [0.25, 0.3) is 0 Å². The summed E-state index contributed by atoms with van der Waals surface area (Å²) in [6.07, 6.45) is 0. The van der Waals surface area contributed by atoms with Gasteiger partial charge in [-0.1, -0.05) is 17.7 Å². The lowest BCUT2D eigenvalue weighted by Gasteiger charge is -2.25. The summed E-state index contributed by atoms with van der Waals surface area (Å²) in [6.45, 7) is 6.23. The van der Waals surface area contributed by atoms with Gasteiger partial charge in [0.05, 0.1) is 10.7 Å². The molecule has 0 saturated carbocycles. The van der Waals surface area contributed by atoms with E-state index in [0.717, 1.165) is 16.3 Å². The van der Waals surface area contributed by atoms with E-state index in [1.807, 2.05) is 32.2 Å². The van der Waals surface area contributed by atoms with Crippen molar-refractivity contribution in [3.05, 3.63) is 28.8 Å². The van der Waals surface area contributed by atoms with E-state index < -0.39 is 0 Å². The van der Waals surface area contributed by atoms with Crippen molar-refractivity contribution in [2.45, 2.75) is 32.9 Å². The van der Waals surface area contributed by atoms with E-state index >= 15 is 0 Å². The Hall–Kier alpha value is -0.730. The van der Waals surface area contributed by atoms with Crippen LogP contribution >= 0.6 is 11.6 Å². The van der Waals surface area contributed by atoms with Gasteiger partial charge in [-0.15, -0.1) is 0 Å². The Balaban J connectivity index is 3.03. The molecule has 0 radical (unpaired) electrons. The maximum atomic E-state index is 6.22. The summed E-state index contributed by atoms with van der Waals surface area (Å²) in [5, 5.41) is 0.765. The molecular weight excluding hydrogens is 208 g/mol. The van der Waals surface area contributed by atoms with Crippen LogP contribution < -0.4 is 10.6 Å². The maximum Gasteiger partial charge on any atom is 0.0642 e. The van der Waals surface area contributed by atoms with Gasteiger partial charge in [0.25, 0.3) is 0 Å². The minimum absolute atomic E-state index is 0.0286. The Morgan fingerprint density at radius 1 is 1.27 bits per heavy atom. The van der Waals surface area contributed by atoms with Gasteiger partial charge in [-0.2, -0.15) is 0 Å². The van der Waals surface area contributed by atoms with Crippen LogP contribution in [-0.2, 0) is 0 Å². The molecule has 0 aliphatic rings. The third-order valence-electron chi connectivity index (χ3n) is 2.65. The topological polar surface area (TPSA) is 29.3 Å². The molecule has 0 unspecified atom stereocenters. The monoisotopic (exact) mass is 226 g/mol. The predicted molar refractivity (Wildman–Crippen MR) is 67.6 cm³/mol. The van der Waals surface area contributed by atoms with Gasteiger partial charge >= 0.3 is 0 Å². The third-order valence-corrected chi connectivity index (χ3v) is 2.95. The zero-order valence-corrected chi connectivity index (χ0v) is 10.5. The van der Waals surface area contributed by atoms with E-state index in [1.165, 1.54) is 0 Å². The highest BCUT2D eigenvalue weighted by molar-refractivity contribution is 6.33. The van der Waals surface area contributed by atoms with Gasteiger partial charge in [0.1, 0.15) is 0 Å². The molecule has 0 bridgehead atoms. The Bertz CT molecular complexity index is 334. The second-order valence-electron chi connectivity index (χ2n) is 4.20. The zero-order chi connectivity index (χ0) is 11.6. The first-order valence-electron chi connectivity index (χ1n) is 5.21.